The zero-order chi connectivity index (χ0) is 28.0. The largest absolute Gasteiger partial charge is 0.505 e. The average molecular weight is 618 g/mol. The predicted molar refractivity (Wildman–Crippen MR) is 161 cm³/mol. The topological polar surface area (TPSA) is 65.4 Å². The lowest BCUT2D eigenvalue weighted by Gasteiger charge is -2.35. The molecular formula is C30H24Cl4N2O4. The predicted octanol–water partition coefficient (Wildman–Crippen LogP) is 8.62. The zero-order valence-electron chi connectivity index (χ0n) is 21.1. The number of rotatable bonds is 5. The highest BCUT2D eigenvalue weighted by atomic mass is 35.5. The van der Waals surface area contributed by atoms with Gasteiger partial charge < -0.3 is 24.6 Å². The van der Waals surface area contributed by atoms with Crippen LogP contribution in [0.3, 0.4) is 0 Å². The number of halogens is 4. The third-order valence-corrected chi connectivity index (χ3v) is 8.32. The van der Waals surface area contributed by atoms with Gasteiger partial charge in [0.1, 0.15) is 0 Å². The fourth-order valence-corrected chi connectivity index (χ4v) is 5.99. The normalized spacial score (nSPS) is 14.9. The minimum atomic E-state index is -0.147. The van der Waals surface area contributed by atoms with Crippen molar-refractivity contribution < 1.29 is 19.7 Å². The maximum Gasteiger partial charge on any atom is 0.152 e. The summed E-state index contributed by atoms with van der Waals surface area (Å²) in [6.07, 6.45) is 0. The second-order valence-electron chi connectivity index (χ2n) is 9.65. The molecule has 10 heteroatoms. The van der Waals surface area contributed by atoms with Crippen molar-refractivity contribution in [2.75, 3.05) is 44.3 Å². The first-order valence-corrected chi connectivity index (χ1v) is 14.2. The van der Waals surface area contributed by atoms with Crippen LogP contribution in [0.1, 0.15) is 0 Å². The van der Waals surface area contributed by atoms with Crippen LogP contribution in [0.5, 0.6) is 23.0 Å². The number of ether oxygens (including phenoxy) is 2. The van der Waals surface area contributed by atoms with Crippen molar-refractivity contribution in [1.82, 2.24) is 4.90 Å². The molecule has 0 aromatic heterocycles. The molecule has 206 valence electrons. The molecule has 0 bridgehead atoms. The van der Waals surface area contributed by atoms with Crippen molar-refractivity contribution in [2.45, 2.75) is 0 Å². The van der Waals surface area contributed by atoms with Crippen molar-refractivity contribution in [3.63, 3.8) is 0 Å². The van der Waals surface area contributed by atoms with Gasteiger partial charge in [-0.25, -0.2) is 0 Å². The summed E-state index contributed by atoms with van der Waals surface area (Å²) in [6.45, 7) is 4.87. The van der Waals surface area contributed by atoms with Crippen LogP contribution >= 0.6 is 46.4 Å². The minimum absolute atomic E-state index is 0.147. The summed E-state index contributed by atoms with van der Waals surface area (Å²) in [6, 6.07) is 18.6. The second-order valence-corrected chi connectivity index (χ2v) is 11.3. The Balaban J connectivity index is 1.40. The third-order valence-electron chi connectivity index (χ3n) is 7.17. The Morgan fingerprint density at radius 3 is 1.50 bits per heavy atom. The maximum absolute atomic E-state index is 10.0. The van der Waals surface area contributed by atoms with Gasteiger partial charge in [-0.15, -0.1) is 0 Å². The first kappa shape index (κ1) is 27.3. The number of benzene rings is 4. The van der Waals surface area contributed by atoms with E-state index in [1.165, 1.54) is 0 Å². The van der Waals surface area contributed by atoms with Gasteiger partial charge in [0.05, 0.1) is 44.7 Å². The van der Waals surface area contributed by atoms with Crippen LogP contribution in [-0.2, 0) is 4.74 Å². The molecule has 4 aromatic carbocycles. The smallest absolute Gasteiger partial charge is 0.152 e. The van der Waals surface area contributed by atoms with Crippen LogP contribution in [-0.4, -0.2) is 54.5 Å². The van der Waals surface area contributed by atoms with Crippen molar-refractivity contribution in [1.29, 1.82) is 0 Å². The number of hydrogen-bond donors (Lipinski definition) is 2. The Hall–Kier alpha value is -2.84. The van der Waals surface area contributed by atoms with Gasteiger partial charge in [-0.05, 0) is 70.8 Å². The van der Waals surface area contributed by atoms with E-state index >= 15 is 0 Å². The molecule has 0 atom stereocenters. The first-order chi connectivity index (χ1) is 19.3. The average Bonchev–Trinajstić information content (AvgIpc) is 2.96. The molecule has 2 aliphatic rings. The molecule has 2 N–H and O–H groups in total. The Morgan fingerprint density at radius 1 is 0.600 bits per heavy atom. The second kappa shape index (κ2) is 11.2. The molecule has 6 rings (SSSR count). The molecule has 2 aliphatic heterocycles. The maximum atomic E-state index is 10.0. The van der Waals surface area contributed by atoms with Gasteiger partial charge in [-0.2, -0.15) is 0 Å². The van der Waals surface area contributed by atoms with E-state index in [-0.39, 0.29) is 31.6 Å². The number of morpholine rings is 1. The highest BCUT2D eigenvalue weighted by Crippen LogP contribution is 2.50. The molecular weight excluding hydrogens is 594 g/mol. The lowest BCUT2D eigenvalue weighted by atomic mass is 10.0. The molecule has 40 heavy (non-hydrogen) atoms. The fourth-order valence-electron chi connectivity index (χ4n) is 5.02. The van der Waals surface area contributed by atoms with Crippen molar-refractivity contribution in [3.05, 3.63) is 80.8 Å². The molecule has 0 radical (unpaired) electrons. The molecule has 0 amide bonds. The van der Waals surface area contributed by atoms with E-state index in [2.05, 4.69) is 9.80 Å². The lowest BCUT2D eigenvalue weighted by molar-refractivity contribution is 0.0394. The van der Waals surface area contributed by atoms with E-state index in [1.807, 2.05) is 36.4 Å². The summed E-state index contributed by atoms with van der Waals surface area (Å²) >= 11 is 24.8. The van der Waals surface area contributed by atoms with Gasteiger partial charge in [-0.3, -0.25) is 4.90 Å². The monoisotopic (exact) mass is 616 g/mol. The van der Waals surface area contributed by atoms with Gasteiger partial charge in [0.25, 0.3) is 0 Å². The first-order valence-electron chi connectivity index (χ1n) is 12.7. The lowest BCUT2D eigenvalue weighted by Crippen LogP contribution is -2.41. The number of hydrogen-bond acceptors (Lipinski definition) is 6. The molecule has 0 unspecified atom stereocenters. The zero-order valence-corrected chi connectivity index (χ0v) is 24.2. The van der Waals surface area contributed by atoms with Gasteiger partial charge in [0.2, 0.25) is 0 Å². The Labute approximate surface area is 251 Å². The Morgan fingerprint density at radius 2 is 1.05 bits per heavy atom. The van der Waals surface area contributed by atoms with Crippen LogP contribution in [0.4, 0.5) is 11.4 Å². The number of anilines is 2. The number of phenolic OH excluding ortho intramolecular Hbond substituents is 2. The molecule has 1 saturated heterocycles. The number of fused-ring (bicyclic) bond motifs is 2. The van der Waals surface area contributed by atoms with Crippen LogP contribution < -0.4 is 9.64 Å². The summed E-state index contributed by atoms with van der Waals surface area (Å²) < 4.78 is 12.0. The number of nitrogens with zero attached hydrogens (tertiary/aromatic N) is 2. The Kier molecular flexibility index (Phi) is 7.66. The SMILES string of the molecule is Oc1c(Cl)cc(-c2ccc3c(c2)Oc2cc(-c4cc(Cl)c(O)c(Cl)c4)ccc2N3CCN2CCOCC2)cc1Cl. The van der Waals surface area contributed by atoms with E-state index < -0.39 is 0 Å². The molecule has 0 spiro atoms. The molecule has 2 heterocycles. The molecule has 0 aliphatic carbocycles. The summed E-state index contributed by atoms with van der Waals surface area (Å²) in [4.78, 5) is 4.65. The number of aromatic hydroxyl groups is 2. The summed E-state index contributed by atoms with van der Waals surface area (Å²) in [5, 5.41) is 20.7. The quantitative estimate of drug-likeness (QED) is 0.234. The van der Waals surface area contributed by atoms with E-state index in [0.717, 1.165) is 73.0 Å². The van der Waals surface area contributed by atoms with Crippen LogP contribution in [0, 0.1) is 0 Å². The highest BCUT2D eigenvalue weighted by Gasteiger charge is 2.27. The summed E-state index contributed by atoms with van der Waals surface area (Å²) in [7, 11) is 0. The van der Waals surface area contributed by atoms with Crippen molar-refractivity contribution >= 4 is 57.8 Å². The third kappa shape index (κ3) is 5.28. The van der Waals surface area contributed by atoms with Crippen LogP contribution in [0.25, 0.3) is 22.3 Å². The van der Waals surface area contributed by atoms with Gasteiger partial charge in [-0.1, -0.05) is 58.5 Å². The summed E-state index contributed by atoms with van der Waals surface area (Å²) in [5.41, 5.74) is 5.06. The molecule has 6 nitrogen and oxygen atoms in total. The fraction of sp³-hybridized carbons (Fsp3) is 0.200. The standard InChI is InChI=1S/C30H24Cl4N2O4/c31-21-11-19(12-22(32)29(21)37)17-1-3-25-27(15-17)40-28-16-18(20-13-23(33)30(38)24(34)14-20)2-4-26(28)36(25)6-5-35-7-9-39-10-8-35/h1-4,11-16,37-38H,5-10H2. The van der Waals surface area contributed by atoms with Crippen LogP contribution in [0.2, 0.25) is 20.1 Å². The van der Waals surface area contributed by atoms with E-state index in [1.54, 1.807) is 24.3 Å². The van der Waals surface area contributed by atoms with E-state index in [0.29, 0.717) is 11.5 Å². The molecule has 0 saturated carbocycles. The summed E-state index contributed by atoms with van der Waals surface area (Å²) in [5.74, 6) is 1.05. The van der Waals surface area contributed by atoms with E-state index in [9.17, 15) is 10.2 Å². The number of phenols is 2. The van der Waals surface area contributed by atoms with Crippen LogP contribution in [0.15, 0.2) is 60.7 Å². The van der Waals surface area contributed by atoms with E-state index in [4.69, 9.17) is 55.9 Å². The van der Waals surface area contributed by atoms with Gasteiger partial charge in [0, 0.05) is 26.2 Å². The van der Waals surface area contributed by atoms with Crippen molar-refractivity contribution in [3.8, 4) is 45.3 Å². The minimum Gasteiger partial charge on any atom is -0.505 e. The van der Waals surface area contributed by atoms with Gasteiger partial charge >= 0.3 is 0 Å². The highest BCUT2D eigenvalue weighted by molar-refractivity contribution is 6.38. The van der Waals surface area contributed by atoms with Gasteiger partial charge in [0.15, 0.2) is 23.0 Å². The molecule has 4 aromatic rings. The Bertz CT molecular complexity index is 1450. The molecule has 1 fully saturated rings. The van der Waals surface area contributed by atoms with Crippen molar-refractivity contribution in [2.24, 2.45) is 0 Å².